The van der Waals surface area contributed by atoms with Crippen LogP contribution < -0.4 is 0 Å². The summed E-state index contributed by atoms with van der Waals surface area (Å²) in [6, 6.07) is 14.4. The zero-order valence-corrected chi connectivity index (χ0v) is 14.4. The molecule has 2 heterocycles. The van der Waals surface area contributed by atoms with Gasteiger partial charge in [0.15, 0.2) is 5.82 Å². The fourth-order valence-electron chi connectivity index (χ4n) is 3.67. The number of aromatic nitrogens is 2. The van der Waals surface area contributed by atoms with E-state index in [0.29, 0.717) is 12.4 Å². The molecule has 1 aliphatic heterocycles. The Labute approximate surface area is 147 Å². The topological polar surface area (TPSA) is 62.4 Å². The van der Waals surface area contributed by atoms with E-state index in [1.165, 1.54) is 5.39 Å². The molecule has 0 saturated carbocycles. The molecule has 2 aromatic carbocycles. The van der Waals surface area contributed by atoms with Gasteiger partial charge in [-0.15, -0.1) is 0 Å². The van der Waals surface area contributed by atoms with Gasteiger partial charge in [0.25, 0.3) is 0 Å². The summed E-state index contributed by atoms with van der Waals surface area (Å²) in [6.07, 6.45) is 1.65. The zero-order chi connectivity index (χ0) is 17.2. The Morgan fingerprint density at radius 2 is 2.08 bits per heavy atom. The molecule has 0 unspecified atom stereocenters. The summed E-state index contributed by atoms with van der Waals surface area (Å²) in [5, 5.41) is 17.0. The summed E-state index contributed by atoms with van der Waals surface area (Å²) >= 11 is 0. The number of rotatable bonds is 4. The monoisotopic (exact) mass is 337 g/mol. The summed E-state index contributed by atoms with van der Waals surface area (Å²) < 4.78 is 5.34. The smallest absolute Gasteiger partial charge is 0.231 e. The third kappa shape index (κ3) is 3.57. The molecule has 2 atom stereocenters. The van der Waals surface area contributed by atoms with Crippen LogP contribution >= 0.6 is 0 Å². The van der Waals surface area contributed by atoms with Crippen molar-refractivity contribution in [3.8, 4) is 0 Å². The predicted octanol–water partition coefficient (Wildman–Crippen LogP) is 3.44. The molecule has 0 bridgehead atoms. The van der Waals surface area contributed by atoms with Crippen LogP contribution in [0.3, 0.4) is 0 Å². The van der Waals surface area contributed by atoms with Gasteiger partial charge >= 0.3 is 0 Å². The highest BCUT2D eigenvalue weighted by Gasteiger charge is 2.27. The highest BCUT2D eigenvalue weighted by molar-refractivity contribution is 5.83. The quantitative estimate of drug-likeness (QED) is 0.790. The van der Waals surface area contributed by atoms with E-state index < -0.39 is 6.10 Å². The lowest BCUT2D eigenvalue weighted by Gasteiger charge is -2.32. The third-order valence-electron chi connectivity index (χ3n) is 4.99. The Morgan fingerprint density at radius 3 is 2.88 bits per heavy atom. The fourth-order valence-corrected chi connectivity index (χ4v) is 3.67. The Kier molecular flexibility index (Phi) is 4.51. The fraction of sp³-hybridized carbons (Fsp3) is 0.400. The van der Waals surface area contributed by atoms with Gasteiger partial charge in [0, 0.05) is 13.1 Å². The summed E-state index contributed by atoms with van der Waals surface area (Å²) in [5.74, 6) is 1.67. The van der Waals surface area contributed by atoms with Crippen molar-refractivity contribution in [1.29, 1.82) is 0 Å². The first-order valence-corrected chi connectivity index (χ1v) is 8.88. The summed E-state index contributed by atoms with van der Waals surface area (Å²) in [6.45, 7) is 4.32. The van der Waals surface area contributed by atoms with Crippen molar-refractivity contribution in [2.24, 2.45) is 0 Å². The molecule has 0 aliphatic carbocycles. The van der Waals surface area contributed by atoms with Gasteiger partial charge in [0.05, 0.1) is 12.0 Å². The number of hydrogen-bond donors (Lipinski definition) is 1. The van der Waals surface area contributed by atoms with Crippen molar-refractivity contribution in [3.63, 3.8) is 0 Å². The van der Waals surface area contributed by atoms with Gasteiger partial charge in [-0.1, -0.05) is 41.6 Å². The van der Waals surface area contributed by atoms with Gasteiger partial charge in [0.1, 0.15) is 0 Å². The second-order valence-electron chi connectivity index (χ2n) is 6.90. The highest BCUT2D eigenvalue weighted by atomic mass is 16.5. The number of aliphatic hydroxyl groups excluding tert-OH is 1. The van der Waals surface area contributed by atoms with Crippen LogP contribution in [0.1, 0.15) is 42.1 Å². The van der Waals surface area contributed by atoms with Crippen molar-refractivity contribution in [3.05, 3.63) is 59.7 Å². The normalized spacial score (nSPS) is 20.0. The lowest BCUT2D eigenvalue weighted by atomic mass is 9.96. The number of aryl methyl sites for hydroxylation is 1. The van der Waals surface area contributed by atoms with Gasteiger partial charge in [0.2, 0.25) is 5.89 Å². The first kappa shape index (κ1) is 16.2. The molecule has 0 radical (unpaired) electrons. The van der Waals surface area contributed by atoms with E-state index in [-0.39, 0.29) is 5.92 Å². The van der Waals surface area contributed by atoms with E-state index in [2.05, 4.69) is 39.3 Å². The number of aliphatic hydroxyl groups is 1. The summed E-state index contributed by atoms with van der Waals surface area (Å²) in [7, 11) is 0. The second-order valence-corrected chi connectivity index (χ2v) is 6.90. The van der Waals surface area contributed by atoms with Crippen molar-refractivity contribution in [1.82, 2.24) is 15.0 Å². The molecule has 1 aliphatic rings. The van der Waals surface area contributed by atoms with E-state index in [9.17, 15) is 5.11 Å². The minimum Gasteiger partial charge on any atom is -0.387 e. The molecule has 3 aromatic rings. The van der Waals surface area contributed by atoms with Gasteiger partial charge in [-0.2, -0.15) is 4.98 Å². The molecule has 1 aromatic heterocycles. The molecule has 1 N–H and O–H groups in total. The molecule has 5 heteroatoms. The van der Waals surface area contributed by atoms with Crippen molar-refractivity contribution in [2.75, 3.05) is 19.6 Å². The number of hydrogen-bond acceptors (Lipinski definition) is 5. The van der Waals surface area contributed by atoms with E-state index in [0.717, 1.165) is 42.8 Å². The molecular formula is C20H23N3O2. The van der Waals surface area contributed by atoms with Crippen LogP contribution in [0.25, 0.3) is 10.8 Å². The molecule has 0 spiro atoms. The van der Waals surface area contributed by atoms with E-state index >= 15 is 0 Å². The molecule has 1 saturated heterocycles. The standard InChI is InChI=1S/C20H23N3O2/c1-14-21-20(25-22-14)18-7-4-10-23(12-18)13-19(24)17-9-8-15-5-2-3-6-16(15)11-17/h2-3,5-6,8-9,11,18-19,24H,4,7,10,12-13H2,1H3/t18-,19-/m1/s1. The zero-order valence-electron chi connectivity index (χ0n) is 14.4. The van der Waals surface area contributed by atoms with Crippen LogP contribution in [0.4, 0.5) is 0 Å². The maximum Gasteiger partial charge on any atom is 0.231 e. The lowest BCUT2D eigenvalue weighted by molar-refractivity contribution is 0.0911. The maximum atomic E-state index is 10.7. The van der Waals surface area contributed by atoms with Crippen LogP contribution in [-0.2, 0) is 0 Å². The maximum absolute atomic E-state index is 10.7. The summed E-state index contributed by atoms with van der Waals surface area (Å²) in [4.78, 5) is 6.67. The molecule has 1 fully saturated rings. The number of β-amino-alcohol motifs (C(OH)–C–C–N with tert-alkyl or cyclic N) is 1. The highest BCUT2D eigenvalue weighted by Crippen LogP contribution is 2.28. The first-order chi connectivity index (χ1) is 12.2. The number of likely N-dealkylation sites (tertiary alicyclic amines) is 1. The Morgan fingerprint density at radius 1 is 1.24 bits per heavy atom. The van der Waals surface area contributed by atoms with Crippen LogP contribution in [-0.4, -0.2) is 39.8 Å². The summed E-state index contributed by atoms with van der Waals surface area (Å²) in [5.41, 5.74) is 0.967. The predicted molar refractivity (Wildman–Crippen MR) is 96.4 cm³/mol. The van der Waals surface area contributed by atoms with Crippen LogP contribution in [0.15, 0.2) is 47.0 Å². The van der Waals surface area contributed by atoms with Crippen molar-refractivity contribution in [2.45, 2.75) is 31.8 Å². The Hall–Kier alpha value is -2.24. The average molecular weight is 337 g/mol. The molecule has 5 nitrogen and oxygen atoms in total. The Balaban J connectivity index is 1.44. The minimum absolute atomic E-state index is 0.263. The van der Waals surface area contributed by atoms with Gasteiger partial charge in [-0.3, -0.25) is 4.90 Å². The van der Waals surface area contributed by atoms with Crippen LogP contribution in [0.5, 0.6) is 0 Å². The second kappa shape index (κ2) is 6.94. The Bertz CT molecular complexity index is 861. The van der Waals surface area contributed by atoms with E-state index in [1.807, 2.05) is 25.1 Å². The SMILES string of the molecule is Cc1noc([C@@H]2CCCN(C[C@@H](O)c3ccc4ccccc4c3)C2)n1. The van der Waals surface area contributed by atoms with Crippen molar-refractivity contribution >= 4 is 10.8 Å². The van der Waals surface area contributed by atoms with Gasteiger partial charge in [-0.25, -0.2) is 0 Å². The van der Waals surface area contributed by atoms with Crippen molar-refractivity contribution < 1.29 is 9.63 Å². The number of nitrogens with zero attached hydrogens (tertiary/aromatic N) is 3. The molecular weight excluding hydrogens is 314 g/mol. The number of fused-ring (bicyclic) bond motifs is 1. The molecule has 25 heavy (non-hydrogen) atoms. The first-order valence-electron chi connectivity index (χ1n) is 8.88. The number of piperidine rings is 1. The van der Waals surface area contributed by atoms with E-state index in [4.69, 9.17) is 4.52 Å². The average Bonchev–Trinajstić information content (AvgIpc) is 3.08. The molecule has 0 amide bonds. The minimum atomic E-state index is -0.493. The third-order valence-corrected chi connectivity index (χ3v) is 4.99. The molecule has 130 valence electrons. The molecule has 4 rings (SSSR count). The van der Waals surface area contributed by atoms with Gasteiger partial charge < -0.3 is 9.63 Å². The largest absolute Gasteiger partial charge is 0.387 e. The van der Waals surface area contributed by atoms with Crippen LogP contribution in [0, 0.1) is 6.92 Å². The lowest BCUT2D eigenvalue weighted by Crippen LogP contribution is -2.37. The van der Waals surface area contributed by atoms with Gasteiger partial charge in [-0.05, 0) is 48.7 Å². The van der Waals surface area contributed by atoms with Crippen LogP contribution in [0.2, 0.25) is 0 Å². The number of benzene rings is 2. The van der Waals surface area contributed by atoms with E-state index in [1.54, 1.807) is 0 Å².